The van der Waals surface area contributed by atoms with Crippen molar-refractivity contribution in [3.63, 3.8) is 0 Å². The molecule has 0 saturated carbocycles. The standard InChI is InChI=1S/C22H24F4N2O3/c1-30-11-12-31-19-8-7-17(13-18(19)23)27-20(29)21(22(24,25)26)9-10-28(15-21)14-16-5-3-2-4-6-16/h2-8,13H,9-12,14-15H2,1H3,(H,27,29). The summed E-state index contributed by atoms with van der Waals surface area (Å²) >= 11 is 0. The molecule has 1 aliphatic heterocycles. The molecule has 1 aliphatic rings. The van der Waals surface area contributed by atoms with Gasteiger partial charge in [-0.25, -0.2) is 4.39 Å². The number of carbonyl (C=O) groups excluding carboxylic acids is 1. The third-order valence-corrected chi connectivity index (χ3v) is 5.31. The highest BCUT2D eigenvalue weighted by Crippen LogP contribution is 2.46. The van der Waals surface area contributed by atoms with E-state index in [0.717, 1.165) is 11.6 Å². The van der Waals surface area contributed by atoms with E-state index in [1.807, 2.05) is 30.3 Å². The number of methoxy groups -OCH3 is 1. The van der Waals surface area contributed by atoms with Crippen LogP contribution < -0.4 is 10.1 Å². The molecule has 1 fully saturated rings. The molecule has 0 spiro atoms. The Morgan fingerprint density at radius 1 is 1.16 bits per heavy atom. The first-order chi connectivity index (χ1) is 14.7. The van der Waals surface area contributed by atoms with Crippen molar-refractivity contribution in [2.75, 3.05) is 38.7 Å². The zero-order chi connectivity index (χ0) is 22.5. The van der Waals surface area contributed by atoms with E-state index in [2.05, 4.69) is 5.32 Å². The van der Waals surface area contributed by atoms with Crippen LogP contribution in [-0.4, -0.2) is 50.4 Å². The highest BCUT2D eigenvalue weighted by atomic mass is 19.4. The van der Waals surface area contributed by atoms with Crippen molar-refractivity contribution in [3.8, 4) is 5.75 Å². The molecule has 1 N–H and O–H groups in total. The largest absolute Gasteiger partial charge is 0.488 e. The van der Waals surface area contributed by atoms with E-state index in [0.29, 0.717) is 6.54 Å². The summed E-state index contributed by atoms with van der Waals surface area (Å²) < 4.78 is 66.2. The van der Waals surface area contributed by atoms with E-state index in [-0.39, 0.29) is 37.6 Å². The molecule has 1 saturated heterocycles. The third-order valence-electron chi connectivity index (χ3n) is 5.31. The number of alkyl halides is 3. The van der Waals surface area contributed by atoms with Gasteiger partial charge in [-0.1, -0.05) is 30.3 Å². The summed E-state index contributed by atoms with van der Waals surface area (Å²) in [5.41, 5.74) is -1.76. The van der Waals surface area contributed by atoms with Gasteiger partial charge in [0.25, 0.3) is 0 Å². The first kappa shape index (κ1) is 23.0. The molecule has 2 aromatic rings. The van der Waals surface area contributed by atoms with Gasteiger partial charge in [0.15, 0.2) is 17.0 Å². The lowest BCUT2D eigenvalue weighted by atomic mass is 9.85. The maximum Gasteiger partial charge on any atom is 0.404 e. The number of amides is 1. The van der Waals surface area contributed by atoms with Crippen LogP contribution in [0.2, 0.25) is 0 Å². The number of nitrogens with one attached hydrogen (secondary N) is 1. The van der Waals surface area contributed by atoms with Gasteiger partial charge in [0.2, 0.25) is 5.91 Å². The minimum absolute atomic E-state index is 0.0632. The fraction of sp³-hybridized carbons (Fsp3) is 0.409. The van der Waals surface area contributed by atoms with Crippen LogP contribution in [0.15, 0.2) is 48.5 Å². The Labute approximate surface area is 177 Å². The molecule has 5 nitrogen and oxygen atoms in total. The van der Waals surface area contributed by atoms with Crippen LogP contribution in [0, 0.1) is 11.2 Å². The quantitative estimate of drug-likeness (QED) is 0.493. The van der Waals surface area contributed by atoms with E-state index < -0.39 is 29.9 Å². The van der Waals surface area contributed by atoms with Gasteiger partial charge in [-0.2, -0.15) is 13.2 Å². The summed E-state index contributed by atoms with van der Waals surface area (Å²) in [7, 11) is 1.47. The number of nitrogens with zero attached hydrogens (tertiary/aromatic N) is 1. The molecule has 0 radical (unpaired) electrons. The van der Waals surface area contributed by atoms with Gasteiger partial charge >= 0.3 is 6.18 Å². The van der Waals surface area contributed by atoms with Crippen LogP contribution in [0.5, 0.6) is 5.75 Å². The summed E-state index contributed by atoms with van der Waals surface area (Å²) in [4.78, 5) is 14.4. The minimum atomic E-state index is -4.75. The molecule has 0 bridgehead atoms. The van der Waals surface area contributed by atoms with Crippen molar-refractivity contribution in [3.05, 3.63) is 59.9 Å². The third kappa shape index (κ3) is 5.34. The Balaban J connectivity index is 1.72. The Hall–Kier alpha value is -2.65. The number of ether oxygens (including phenoxy) is 2. The molecular formula is C22H24F4N2O3. The lowest BCUT2D eigenvalue weighted by Crippen LogP contribution is -2.49. The molecule has 0 aliphatic carbocycles. The van der Waals surface area contributed by atoms with Crippen LogP contribution >= 0.6 is 0 Å². The number of halogens is 4. The molecule has 3 rings (SSSR count). The predicted molar refractivity (Wildman–Crippen MR) is 107 cm³/mol. The maximum absolute atomic E-state index is 14.2. The fourth-order valence-electron chi connectivity index (χ4n) is 3.59. The lowest BCUT2D eigenvalue weighted by molar-refractivity contribution is -0.215. The summed E-state index contributed by atoms with van der Waals surface area (Å²) in [6.45, 7) is 0.355. The van der Waals surface area contributed by atoms with E-state index in [4.69, 9.17) is 9.47 Å². The summed E-state index contributed by atoms with van der Waals surface area (Å²) in [5.74, 6) is -2.05. The predicted octanol–water partition coefficient (Wildman–Crippen LogP) is 4.24. The monoisotopic (exact) mass is 440 g/mol. The number of carbonyl (C=O) groups is 1. The van der Waals surface area contributed by atoms with Gasteiger partial charge < -0.3 is 14.8 Å². The average molecular weight is 440 g/mol. The van der Waals surface area contributed by atoms with Crippen LogP contribution in [-0.2, 0) is 16.1 Å². The van der Waals surface area contributed by atoms with Gasteiger partial charge in [-0.3, -0.25) is 9.69 Å². The first-order valence-electron chi connectivity index (χ1n) is 9.81. The second-order valence-electron chi connectivity index (χ2n) is 7.47. The molecule has 1 heterocycles. The van der Waals surface area contributed by atoms with E-state index >= 15 is 0 Å². The number of anilines is 1. The molecule has 1 atom stereocenters. The fourth-order valence-corrected chi connectivity index (χ4v) is 3.59. The molecular weight excluding hydrogens is 416 g/mol. The van der Waals surface area contributed by atoms with Gasteiger partial charge in [-0.05, 0) is 30.7 Å². The van der Waals surface area contributed by atoms with Crippen molar-refractivity contribution in [2.45, 2.75) is 19.1 Å². The topological polar surface area (TPSA) is 50.8 Å². The molecule has 31 heavy (non-hydrogen) atoms. The smallest absolute Gasteiger partial charge is 0.404 e. The van der Waals surface area contributed by atoms with Crippen LogP contribution in [0.3, 0.4) is 0 Å². The van der Waals surface area contributed by atoms with Gasteiger partial charge in [0.05, 0.1) is 6.61 Å². The maximum atomic E-state index is 14.2. The van der Waals surface area contributed by atoms with Crippen LogP contribution in [0.25, 0.3) is 0 Å². The Bertz CT molecular complexity index is 892. The highest BCUT2D eigenvalue weighted by Gasteiger charge is 2.63. The number of rotatable bonds is 8. The highest BCUT2D eigenvalue weighted by molar-refractivity contribution is 5.96. The summed E-state index contributed by atoms with van der Waals surface area (Å²) in [6.07, 6.45) is -5.11. The van der Waals surface area contributed by atoms with E-state index in [1.165, 1.54) is 19.2 Å². The normalized spacial score (nSPS) is 19.4. The van der Waals surface area contributed by atoms with Gasteiger partial charge in [0, 0.05) is 32.0 Å². The van der Waals surface area contributed by atoms with E-state index in [1.54, 1.807) is 4.90 Å². The Kier molecular flexibility index (Phi) is 7.17. The molecule has 0 aromatic heterocycles. The van der Waals surface area contributed by atoms with Gasteiger partial charge in [0.1, 0.15) is 6.61 Å². The van der Waals surface area contributed by atoms with Crippen molar-refractivity contribution >= 4 is 11.6 Å². The average Bonchev–Trinajstić information content (AvgIpc) is 3.16. The van der Waals surface area contributed by atoms with E-state index in [9.17, 15) is 22.4 Å². The van der Waals surface area contributed by atoms with Crippen molar-refractivity contribution in [2.24, 2.45) is 5.41 Å². The molecule has 168 valence electrons. The number of hydrogen-bond donors (Lipinski definition) is 1. The number of likely N-dealkylation sites (tertiary alicyclic amines) is 1. The Morgan fingerprint density at radius 3 is 2.55 bits per heavy atom. The Morgan fingerprint density at radius 2 is 1.90 bits per heavy atom. The lowest BCUT2D eigenvalue weighted by Gasteiger charge is -2.30. The SMILES string of the molecule is COCCOc1ccc(NC(=O)C2(C(F)(F)F)CCN(Cc3ccccc3)C2)cc1F. The molecule has 9 heteroatoms. The van der Waals surface area contributed by atoms with Crippen molar-refractivity contribution in [1.82, 2.24) is 4.90 Å². The number of hydrogen-bond acceptors (Lipinski definition) is 4. The summed E-state index contributed by atoms with van der Waals surface area (Å²) in [5, 5.41) is 2.25. The first-order valence-corrected chi connectivity index (χ1v) is 9.81. The second kappa shape index (κ2) is 9.65. The number of benzene rings is 2. The second-order valence-corrected chi connectivity index (χ2v) is 7.47. The van der Waals surface area contributed by atoms with Crippen LogP contribution in [0.1, 0.15) is 12.0 Å². The van der Waals surface area contributed by atoms with Crippen LogP contribution in [0.4, 0.5) is 23.2 Å². The van der Waals surface area contributed by atoms with Gasteiger partial charge in [-0.15, -0.1) is 0 Å². The molecule has 1 amide bonds. The zero-order valence-corrected chi connectivity index (χ0v) is 17.0. The van der Waals surface area contributed by atoms with Crippen molar-refractivity contribution < 1.29 is 31.8 Å². The molecule has 1 unspecified atom stereocenters. The van der Waals surface area contributed by atoms with Crippen molar-refractivity contribution in [1.29, 1.82) is 0 Å². The summed E-state index contributed by atoms with van der Waals surface area (Å²) in [6, 6.07) is 12.6. The minimum Gasteiger partial charge on any atom is -0.488 e. The molecule has 2 aromatic carbocycles. The zero-order valence-electron chi connectivity index (χ0n) is 17.0.